The number of anilines is 1. The van der Waals surface area contributed by atoms with E-state index < -0.39 is 17.7 Å². The Morgan fingerprint density at radius 1 is 1.07 bits per heavy atom. The predicted molar refractivity (Wildman–Crippen MR) is 115 cm³/mol. The van der Waals surface area contributed by atoms with Crippen molar-refractivity contribution >= 4 is 50.1 Å². The number of aryl methyl sites for hydroxylation is 1. The van der Waals surface area contributed by atoms with Gasteiger partial charge in [-0.2, -0.15) is 0 Å². The van der Waals surface area contributed by atoms with Crippen LogP contribution in [0.25, 0.3) is 11.3 Å². The highest BCUT2D eigenvalue weighted by Gasteiger charge is 2.36. The number of nitrogens with zero attached hydrogens (tertiary/aromatic N) is 2. The molecular formula is C21H16BrN3O3S. The van der Waals surface area contributed by atoms with Gasteiger partial charge in [0.1, 0.15) is 6.54 Å². The molecule has 0 aliphatic carbocycles. The third-order valence-corrected chi connectivity index (χ3v) is 6.21. The number of carbonyl (C=O) groups is 3. The molecule has 8 heteroatoms. The zero-order chi connectivity index (χ0) is 20.5. The van der Waals surface area contributed by atoms with Gasteiger partial charge in [-0.25, -0.2) is 4.98 Å². The molecule has 1 aromatic heterocycles. The molecule has 0 bridgehead atoms. The van der Waals surface area contributed by atoms with E-state index >= 15 is 0 Å². The van der Waals surface area contributed by atoms with E-state index in [4.69, 9.17) is 0 Å². The van der Waals surface area contributed by atoms with Gasteiger partial charge in [0.2, 0.25) is 5.91 Å². The van der Waals surface area contributed by atoms with Crippen LogP contribution in [0.1, 0.15) is 32.5 Å². The molecule has 1 aliphatic rings. The molecule has 1 aliphatic heterocycles. The Labute approximate surface area is 179 Å². The summed E-state index contributed by atoms with van der Waals surface area (Å²) in [5, 5.41) is 3.17. The van der Waals surface area contributed by atoms with Gasteiger partial charge in [0.15, 0.2) is 5.13 Å². The summed E-state index contributed by atoms with van der Waals surface area (Å²) >= 11 is 4.81. The standard InChI is InChI=1S/C21H16BrN3O3S/c1-2-16-18(12-7-9-13(22)10-8-12)24-21(29-16)23-17(26)11-25-19(27)14-5-3-4-6-15(14)20(25)28/h3-10H,2,11H2,1H3,(H,23,24,26). The Hall–Kier alpha value is -2.84. The number of hydrogen-bond donors (Lipinski definition) is 1. The first-order chi connectivity index (χ1) is 14.0. The average molecular weight is 470 g/mol. The van der Waals surface area contributed by atoms with Gasteiger partial charge in [0.25, 0.3) is 11.8 Å². The molecule has 29 heavy (non-hydrogen) atoms. The lowest BCUT2D eigenvalue weighted by Gasteiger charge is -2.12. The first-order valence-corrected chi connectivity index (χ1v) is 10.6. The number of amides is 3. The van der Waals surface area contributed by atoms with Crippen LogP contribution in [0.15, 0.2) is 53.0 Å². The minimum atomic E-state index is -0.460. The van der Waals surface area contributed by atoms with Crippen LogP contribution < -0.4 is 5.32 Å². The topological polar surface area (TPSA) is 79.4 Å². The van der Waals surface area contributed by atoms with Crippen molar-refractivity contribution in [3.63, 3.8) is 0 Å². The fraction of sp³-hybridized carbons (Fsp3) is 0.143. The molecule has 3 amide bonds. The molecule has 0 saturated carbocycles. The zero-order valence-electron chi connectivity index (χ0n) is 15.4. The van der Waals surface area contributed by atoms with Gasteiger partial charge >= 0.3 is 0 Å². The Kier molecular flexibility index (Phi) is 5.29. The lowest BCUT2D eigenvalue weighted by Crippen LogP contribution is -2.37. The van der Waals surface area contributed by atoms with E-state index in [2.05, 4.69) is 26.2 Å². The number of halogens is 1. The lowest BCUT2D eigenvalue weighted by atomic mass is 10.1. The summed E-state index contributed by atoms with van der Waals surface area (Å²) < 4.78 is 0.976. The van der Waals surface area contributed by atoms with E-state index in [-0.39, 0.29) is 6.54 Å². The number of nitrogens with one attached hydrogen (secondary N) is 1. The van der Waals surface area contributed by atoms with Gasteiger partial charge in [-0.1, -0.05) is 47.1 Å². The second kappa shape index (κ2) is 7.88. The van der Waals surface area contributed by atoms with Gasteiger partial charge in [0.05, 0.1) is 16.8 Å². The SMILES string of the molecule is CCc1sc(NC(=O)CN2C(=O)c3ccccc3C2=O)nc1-c1ccc(Br)cc1. The number of imide groups is 1. The third kappa shape index (κ3) is 3.73. The van der Waals surface area contributed by atoms with E-state index in [9.17, 15) is 14.4 Å². The highest BCUT2D eigenvalue weighted by atomic mass is 79.9. The van der Waals surface area contributed by atoms with E-state index in [1.807, 2.05) is 31.2 Å². The van der Waals surface area contributed by atoms with Crippen molar-refractivity contribution in [2.45, 2.75) is 13.3 Å². The van der Waals surface area contributed by atoms with Crippen LogP contribution in [0, 0.1) is 0 Å². The fourth-order valence-corrected chi connectivity index (χ4v) is 4.37. The summed E-state index contributed by atoms with van der Waals surface area (Å²) in [4.78, 5) is 43.9. The molecule has 1 N–H and O–H groups in total. The Morgan fingerprint density at radius 2 is 1.69 bits per heavy atom. The molecule has 4 rings (SSSR count). The van der Waals surface area contributed by atoms with Gasteiger partial charge in [-0.05, 0) is 30.7 Å². The average Bonchev–Trinajstić information content (AvgIpc) is 3.23. The van der Waals surface area contributed by atoms with Crippen molar-refractivity contribution in [2.24, 2.45) is 0 Å². The van der Waals surface area contributed by atoms with Crippen molar-refractivity contribution in [1.29, 1.82) is 0 Å². The predicted octanol–water partition coefficient (Wildman–Crippen LogP) is 4.37. The lowest BCUT2D eigenvalue weighted by molar-refractivity contribution is -0.116. The summed E-state index contributed by atoms with van der Waals surface area (Å²) in [7, 11) is 0. The molecule has 0 atom stereocenters. The minimum absolute atomic E-state index is 0.324. The number of fused-ring (bicyclic) bond motifs is 1. The van der Waals surface area contributed by atoms with Crippen LogP contribution in [0.4, 0.5) is 5.13 Å². The van der Waals surface area contributed by atoms with Crippen molar-refractivity contribution in [1.82, 2.24) is 9.88 Å². The Morgan fingerprint density at radius 3 is 2.28 bits per heavy atom. The number of rotatable bonds is 5. The molecule has 3 aromatic rings. The summed E-state index contributed by atoms with van der Waals surface area (Å²) in [6, 6.07) is 14.4. The molecule has 146 valence electrons. The molecule has 0 radical (unpaired) electrons. The van der Waals surface area contributed by atoms with E-state index in [1.54, 1.807) is 24.3 Å². The molecule has 0 saturated heterocycles. The summed E-state index contributed by atoms with van der Waals surface area (Å²) in [6.45, 7) is 1.68. The summed E-state index contributed by atoms with van der Waals surface area (Å²) in [5.74, 6) is -1.37. The van der Waals surface area contributed by atoms with E-state index in [0.29, 0.717) is 16.3 Å². The quantitative estimate of drug-likeness (QED) is 0.562. The molecular weight excluding hydrogens is 454 g/mol. The zero-order valence-corrected chi connectivity index (χ0v) is 17.8. The maximum atomic E-state index is 12.5. The monoisotopic (exact) mass is 469 g/mol. The number of thiazole rings is 1. The van der Waals surface area contributed by atoms with E-state index in [1.165, 1.54) is 11.3 Å². The number of benzene rings is 2. The van der Waals surface area contributed by atoms with Gasteiger partial charge in [-0.15, -0.1) is 11.3 Å². The van der Waals surface area contributed by atoms with Crippen LogP contribution >= 0.6 is 27.3 Å². The minimum Gasteiger partial charge on any atom is -0.300 e. The third-order valence-electron chi connectivity index (χ3n) is 4.56. The number of aromatic nitrogens is 1. The molecule has 6 nitrogen and oxygen atoms in total. The largest absolute Gasteiger partial charge is 0.300 e. The first kappa shape index (κ1) is 19.5. The normalized spacial score (nSPS) is 13.0. The van der Waals surface area contributed by atoms with Crippen LogP contribution in [0.5, 0.6) is 0 Å². The fourth-order valence-electron chi connectivity index (χ4n) is 3.16. The molecule has 0 spiro atoms. The number of carbonyl (C=O) groups excluding carboxylic acids is 3. The number of hydrogen-bond acceptors (Lipinski definition) is 5. The van der Waals surface area contributed by atoms with Crippen molar-refractivity contribution in [3.8, 4) is 11.3 Å². The second-order valence-corrected chi connectivity index (χ2v) is 8.44. The van der Waals surface area contributed by atoms with Crippen LogP contribution in [0.2, 0.25) is 0 Å². The van der Waals surface area contributed by atoms with Gasteiger partial charge in [-0.3, -0.25) is 19.3 Å². The van der Waals surface area contributed by atoms with Crippen LogP contribution in [0.3, 0.4) is 0 Å². The highest BCUT2D eigenvalue weighted by molar-refractivity contribution is 9.10. The van der Waals surface area contributed by atoms with Gasteiger partial charge < -0.3 is 5.32 Å². The van der Waals surface area contributed by atoms with Gasteiger partial charge in [0, 0.05) is 14.9 Å². The van der Waals surface area contributed by atoms with E-state index in [0.717, 1.165) is 31.9 Å². The Bertz CT molecular complexity index is 1090. The van der Waals surface area contributed by atoms with Crippen molar-refractivity contribution < 1.29 is 14.4 Å². The molecule has 2 heterocycles. The molecule has 0 fully saturated rings. The summed E-state index contributed by atoms with van der Waals surface area (Å²) in [6.07, 6.45) is 0.775. The molecule has 2 aromatic carbocycles. The second-order valence-electron chi connectivity index (χ2n) is 6.44. The first-order valence-electron chi connectivity index (χ1n) is 8.98. The highest BCUT2D eigenvalue weighted by Crippen LogP contribution is 2.32. The Balaban J connectivity index is 1.50. The summed E-state index contributed by atoms with van der Waals surface area (Å²) in [5.41, 5.74) is 2.43. The van der Waals surface area contributed by atoms with Crippen molar-refractivity contribution in [3.05, 3.63) is 69.0 Å². The van der Waals surface area contributed by atoms with Crippen molar-refractivity contribution in [2.75, 3.05) is 11.9 Å². The van der Waals surface area contributed by atoms with Crippen LogP contribution in [-0.2, 0) is 11.2 Å². The smallest absolute Gasteiger partial charge is 0.262 e. The maximum Gasteiger partial charge on any atom is 0.262 e. The maximum absolute atomic E-state index is 12.5. The molecule has 0 unspecified atom stereocenters. The van der Waals surface area contributed by atoms with Crippen LogP contribution in [-0.4, -0.2) is 34.2 Å².